The maximum Gasteiger partial charge on any atom is 0.252 e. The molecule has 186 valence electrons. The molecule has 0 aliphatic carbocycles. The van der Waals surface area contributed by atoms with E-state index in [0.717, 1.165) is 10.9 Å². The first kappa shape index (κ1) is 24.7. The van der Waals surface area contributed by atoms with Crippen molar-refractivity contribution in [2.24, 2.45) is 0 Å². The van der Waals surface area contributed by atoms with Crippen LogP contribution >= 0.6 is 0 Å². The standard InChI is InChI=1S/C28H29N3O5/c1-33-19-10-11-23(25(16-19)35-3)31-27-17-21(20-7-5-6-8-22(20)30-27)28(32)29-14-13-18-9-12-24(34-2)26(15-18)36-4/h5-12,15-17H,13-14H2,1-4H3,(H,29,32)(H,30,31). The number of amides is 1. The minimum absolute atomic E-state index is 0.182. The molecule has 0 aliphatic rings. The molecule has 0 fully saturated rings. The molecule has 4 aromatic rings. The van der Waals surface area contributed by atoms with Gasteiger partial charge in [-0.2, -0.15) is 0 Å². The zero-order valence-electron chi connectivity index (χ0n) is 20.8. The number of ether oxygens (including phenoxy) is 4. The molecule has 0 saturated heterocycles. The zero-order chi connectivity index (χ0) is 25.5. The number of hydrogen-bond acceptors (Lipinski definition) is 7. The number of anilines is 2. The van der Waals surface area contributed by atoms with E-state index in [1.807, 2.05) is 54.6 Å². The fourth-order valence-electron chi connectivity index (χ4n) is 3.92. The third-order valence-electron chi connectivity index (χ3n) is 5.78. The Morgan fingerprint density at radius 2 is 1.58 bits per heavy atom. The number of carbonyl (C=O) groups excluding carboxylic acids is 1. The van der Waals surface area contributed by atoms with Crippen LogP contribution in [-0.4, -0.2) is 45.9 Å². The van der Waals surface area contributed by atoms with Crippen molar-refractivity contribution in [2.75, 3.05) is 40.3 Å². The summed E-state index contributed by atoms with van der Waals surface area (Å²) in [6.07, 6.45) is 0.642. The maximum atomic E-state index is 13.2. The minimum Gasteiger partial charge on any atom is -0.497 e. The molecule has 3 aromatic carbocycles. The molecule has 0 unspecified atom stereocenters. The van der Waals surface area contributed by atoms with Crippen molar-refractivity contribution in [3.05, 3.63) is 77.9 Å². The van der Waals surface area contributed by atoms with E-state index in [0.29, 0.717) is 58.5 Å². The lowest BCUT2D eigenvalue weighted by Gasteiger charge is -2.14. The highest BCUT2D eigenvalue weighted by Crippen LogP contribution is 2.32. The van der Waals surface area contributed by atoms with Crippen LogP contribution in [0.4, 0.5) is 11.5 Å². The summed E-state index contributed by atoms with van der Waals surface area (Å²) in [6, 6.07) is 20.5. The van der Waals surface area contributed by atoms with E-state index >= 15 is 0 Å². The van der Waals surface area contributed by atoms with Gasteiger partial charge in [-0.15, -0.1) is 0 Å². The third kappa shape index (κ3) is 5.43. The van der Waals surface area contributed by atoms with Gasteiger partial charge >= 0.3 is 0 Å². The molecule has 1 aromatic heterocycles. The van der Waals surface area contributed by atoms with Crippen LogP contribution < -0.4 is 29.6 Å². The van der Waals surface area contributed by atoms with Crippen molar-refractivity contribution in [1.29, 1.82) is 0 Å². The molecule has 8 nitrogen and oxygen atoms in total. The van der Waals surface area contributed by atoms with Crippen LogP contribution in [0.2, 0.25) is 0 Å². The maximum absolute atomic E-state index is 13.2. The van der Waals surface area contributed by atoms with Crippen LogP contribution in [-0.2, 0) is 6.42 Å². The molecule has 36 heavy (non-hydrogen) atoms. The lowest BCUT2D eigenvalue weighted by molar-refractivity contribution is 0.0955. The Hall–Kier alpha value is -4.46. The highest BCUT2D eigenvalue weighted by atomic mass is 16.5. The van der Waals surface area contributed by atoms with Crippen LogP contribution in [0.15, 0.2) is 66.7 Å². The second kappa shape index (κ2) is 11.3. The van der Waals surface area contributed by atoms with Crippen LogP contribution in [0.3, 0.4) is 0 Å². The van der Waals surface area contributed by atoms with Crippen LogP contribution in [0.1, 0.15) is 15.9 Å². The molecule has 0 saturated carbocycles. The third-order valence-corrected chi connectivity index (χ3v) is 5.78. The summed E-state index contributed by atoms with van der Waals surface area (Å²) in [5.74, 6) is 2.96. The Morgan fingerprint density at radius 3 is 2.33 bits per heavy atom. The van der Waals surface area contributed by atoms with Crippen LogP contribution in [0.5, 0.6) is 23.0 Å². The number of carbonyl (C=O) groups is 1. The van der Waals surface area contributed by atoms with E-state index in [4.69, 9.17) is 23.9 Å². The van der Waals surface area contributed by atoms with Gasteiger partial charge in [-0.05, 0) is 48.4 Å². The summed E-state index contributed by atoms with van der Waals surface area (Å²) in [4.78, 5) is 17.9. The van der Waals surface area contributed by atoms with E-state index in [9.17, 15) is 4.79 Å². The van der Waals surface area contributed by atoms with Crippen molar-refractivity contribution >= 4 is 28.3 Å². The average molecular weight is 488 g/mol. The Kier molecular flexibility index (Phi) is 7.75. The van der Waals surface area contributed by atoms with Gasteiger partial charge in [0, 0.05) is 18.0 Å². The summed E-state index contributed by atoms with van der Waals surface area (Å²) in [6.45, 7) is 0.458. The highest BCUT2D eigenvalue weighted by molar-refractivity contribution is 6.07. The summed E-state index contributed by atoms with van der Waals surface area (Å²) in [5.41, 5.74) is 2.98. The summed E-state index contributed by atoms with van der Waals surface area (Å²) < 4.78 is 21.4. The molecular formula is C28H29N3O5. The average Bonchev–Trinajstić information content (AvgIpc) is 2.92. The number of hydrogen-bond donors (Lipinski definition) is 2. The number of fused-ring (bicyclic) bond motifs is 1. The fourth-order valence-corrected chi connectivity index (χ4v) is 3.92. The number of nitrogens with zero attached hydrogens (tertiary/aromatic N) is 1. The van der Waals surface area contributed by atoms with Gasteiger partial charge in [-0.1, -0.05) is 24.3 Å². The van der Waals surface area contributed by atoms with Gasteiger partial charge in [0.2, 0.25) is 0 Å². The van der Waals surface area contributed by atoms with Gasteiger partial charge in [0.05, 0.1) is 45.2 Å². The second-order valence-electron chi connectivity index (χ2n) is 7.96. The van der Waals surface area contributed by atoms with E-state index < -0.39 is 0 Å². The molecule has 2 N–H and O–H groups in total. The monoisotopic (exact) mass is 487 g/mol. The number of para-hydroxylation sites is 1. The normalized spacial score (nSPS) is 10.6. The summed E-state index contributed by atoms with van der Waals surface area (Å²) in [5, 5.41) is 7.07. The van der Waals surface area contributed by atoms with E-state index in [1.54, 1.807) is 40.6 Å². The number of aromatic nitrogens is 1. The zero-order valence-corrected chi connectivity index (χ0v) is 20.8. The quantitative estimate of drug-likeness (QED) is 0.326. The molecule has 0 atom stereocenters. The van der Waals surface area contributed by atoms with Crippen molar-refractivity contribution in [2.45, 2.75) is 6.42 Å². The number of pyridine rings is 1. The highest BCUT2D eigenvalue weighted by Gasteiger charge is 2.15. The van der Waals surface area contributed by atoms with Crippen molar-refractivity contribution in [3.63, 3.8) is 0 Å². The first-order valence-electron chi connectivity index (χ1n) is 11.4. The molecule has 8 heteroatoms. The molecule has 0 spiro atoms. The van der Waals surface area contributed by atoms with E-state index in [2.05, 4.69) is 10.6 Å². The first-order valence-corrected chi connectivity index (χ1v) is 11.4. The molecule has 1 heterocycles. The van der Waals surface area contributed by atoms with Crippen LogP contribution in [0, 0.1) is 0 Å². The molecule has 1 amide bonds. The molecule has 0 radical (unpaired) electrons. The number of nitrogens with one attached hydrogen (secondary N) is 2. The smallest absolute Gasteiger partial charge is 0.252 e. The van der Waals surface area contributed by atoms with Crippen molar-refractivity contribution < 1.29 is 23.7 Å². The Bertz CT molecular complexity index is 1370. The summed E-state index contributed by atoms with van der Waals surface area (Å²) >= 11 is 0. The fraction of sp³-hybridized carbons (Fsp3) is 0.214. The van der Waals surface area contributed by atoms with Gasteiger partial charge in [0.25, 0.3) is 5.91 Å². The predicted molar refractivity (Wildman–Crippen MR) is 140 cm³/mol. The van der Waals surface area contributed by atoms with E-state index in [-0.39, 0.29) is 5.91 Å². The molecule has 4 rings (SSSR count). The second-order valence-corrected chi connectivity index (χ2v) is 7.96. The SMILES string of the molecule is COc1ccc(Nc2cc(C(=O)NCCc3ccc(OC)c(OC)c3)c3ccccc3n2)c(OC)c1. The molecule has 0 bridgehead atoms. The van der Waals surface area contributed by atoms with Gasteiger partial charge in [-0.25, -0.2) is 4.98 Å². The molecule has 0 aliphatic heterocycles. The topological polar surface area (TPSA) is 90.9 Å². The van der Waals surface area contributed by atoms with Gasteiger partial charge in [-0.3, -0.25) is 4.79 Å². The Labute approximate surface area is 210 Å². The Morgan fingerprint density at radius 1 is 0.806 bits per heavy atom. The largest absolute Gasteiger partial charge is 0.497 e. The summed E-state index contributed by atoms with van der Waals surface area (Å²) in [7, 11) is 6.39. The lowest BCUT2D eigenvalue weighted by Crippen LogP contribution is -2.26. The lowest BCUT2D eigenvalue weighted by atomic mass is 10.1. The van der Waals surface area contributed by atoms with Crippen molar-refractivity contribution in [1.82, 2.24) is 10.3 Å². The predicted octanol–water partition coefficient (Wildman–Crippen LogP) is 4.99. The van der Waals surface area contributed by atoms with Crippen molar-refractivity contribution in [3.8, 4) is 23.0 Å². The minimum atomic E-state index is -0.182. The van der Waals surface area contributed by atoms with E-state index in [1.165, 1.54) is 0 Å². The number of methoxy groups -OCH3 is 4. The Balaban J connectivity index is 1.55. The first-order chi connectivity index (χ1) is 17.6. The number of rotatable bonds is 10. The molecular weight excluding hydrogens is 458 g/mol. The van der Waals surface area contributed by atoms with Gasteiger partial charge < -0.3 is 29.6 Å². The number of benzene rings is 3. The van der Waals surface area contributed by atoms with Gasteiger partial charge in [0.15, 0.2) is 11.5 Å². The van der Waals surface area contributed by atoms with Crippen LogP contribution in [0.25, 0.3) is 10.9 Å². The van der Waals surface area contributed by atoms with Gasteiger partial charge in [0.1, 0.15) is 17.3 Å².